The van der Waals surface area contributed by atoms with Crippen LogP contribution in [0, 0.1) is 0 Å². The van der Waals surface area contributed by atoms with Gasteiger partial charge in [-0.1, -0.05) is 60.7 Å². The summed E-state index contributed by atoms with van der Waals surface area (Å²) in [6.07, 6.45) is -0.588. The maximum absolute atomic E-state index is 10.7. The van der Waals surface area contributed by atoms with E-state index >= 15 is 0 Å². The van der Waals surface area contributed by atoms with Gasteiger partial charge in [0.25, 0.3) is 0 Å². The van der Waals surface area contributed by atoms with E-state index in [2.05, 4.69) is 10.3 Å². The molecule has 0 bridgehead atoms. The van der Waals surface area contributed by atoms with Gasteiger partial charge in [0.1, 0.15) is 0 Å². The molecule has 2 N–H and O–H groups in total. The number of nitrogens with one attached hydrogen (secondary N) is 1. The molecule has 0 aliphatic rings. The number of rotatable bonds is 7. The van der Waals surface area contributed by atoms with Crippen LogP contribution >= 0.6 is 0 Å². The van der Waals surface area contributed by atoms with Gasteiger partial charge in [0, 0.05) is 12.3 Å². The van der Waals surface area contributed by atoms with E-state index in [0.29, 0.717) is 6.54 Å². The van der Waals surface area contributed by atoms with E-state index in [9.17, 15) is 5.11 Å². The van der Waals surface area contributed by atoms with Gasteiger partial charge in [0.2, 0.25) is 0 Å². The van der Waals surface area contributed by atoms with Crippen LogP contribution in [-0.4, -0.2) is 23.9 Å². The van der Waals surface area contributed by atoms with Crippen molar-refractivity contribution >= 4 is 5.71 Å². The van der Waals surface area contributed by atoms with E-state index in [1.165, 1.54) is 0 Å². The summed E-state index contributed by atoms with van der Waals surface area (Å²) in [5.74, 6) is 0. The van der Waals surface area contributed by atoms with Crippen molar-refractivity contribution in [2.24, 2.45) is 4.99 Å². The van der Waals surface area contributed by atoms with Crippen LogP contribution in [0.4, 0.5) is 0 Å². The normalized spacial score (nSPS) is 13.4. The first-order valence-corrected chi connectivity index (χ1v) is 7.67. The fourth-order valence-electron chi connectivity index (χ4n) is 2.41. The second kappa shape index (κ2) is 8.47. The van der Waals surface area contributed by atoms with Gasteiger partial charge < -0.3 is 10.4 Å². The Morgan fingerprint density at radius 2 is 1.50 bits per heavy atom. The third-order valence-electron chi connectivity index (χ3n) is 3.52. The summed E-state index contributed by atoms with van der Waals surface area (Å²) < 4.78 is 0. The molecule has 0 aliphatic carbocycles. The molecule has 0 saturated heterocycles. The maximum atomic E-state index is 10.7. The average Bonchev–Trinajstić information content (AvgIpc) is 2.56. The molecular weight excluding hydrogens is 272 g/mol. The third-order valence-corrected chi connectivity index (χ3v) is 3.52. The second-order valence-corrected chi connectivity index (χ2v) is 5.53. The number of aliphatic imine (C=N–C) groups is 1. The predicted octanol–water partition coefficient (Wildman–Crippen LogP) is 3.53. The molecule has 116 valence electrons. The number of benzene rings is 2. The molecule has 2 rings (SSSR count). The van der Waals surface area contributed by atoms with Crippen molar-refractivity contribution in [1.29, 1.82) is 0 Å². The zero-order chi connectivity index (χ0) is 15.8. The molecular formula is C19H24N2O. The molecule has 3 heteroatoms. The summed E-state index contributed by atoms with van der Waals surface area (Å²) in [5.41, 5.74) is 3.07. The fourth-order valence-corrected chi connectivity index (χ4v) is 2.41. The summed E-state index contributed by atoms with van der Waals surface area (Å²) in [5, 5.41) is 14.2. The number of nitrogens with zero attached hydrogens (tertiary/aromatic N) is 1. The minimum absolute atomic E-state index is 0.143. The first-order valence-electron chi connectivity index (χ1n) is 7.67. The van der Waals surface area contributed by atoms with Crippen LogP contribution in [0.3, 0.4) is 0 Å². The molecule has 0 aliphatic heterocycles. The van der Waals surface area contributed by atoms with Crippen molar-refractivity contribution < 1.29 is 5.11 Å². The molecule has 0 fully saturated rings. The quantitative estimate of drug-likeness (QED) is 0.606. The lowest BCUT2D eigenvalue weighted by Gasteiger charge is -2.25. The van der Waals surface area contributed by atoms with Crippen LogP contribution in [0.2, 0.25) is 0 Å². The minimum Gasteiger partial charge on any atom is -0.386 e. The van der Waals surface area contributed by atoms with Crippen LogP contribution in [0.15, 0.2) is 65.7 Å². The zero-order valence-corrected chi connectivity index (χ0v) is 13.2. The third kappa shape index (κ3) is 4.79. The first kappa shape index (κ1) is 16.4. The van der Waals surface area contributed by atoms with E-state index in [0.717, 1.165) is 23.4 Å². The minimum atomic E-state index is -0.588. The molecule has 0 radical (unpaired) electrons. The lowest BCUT2D eigenvalue weighted by Crippen LogP contribution is -2.29. The Hall–Kier alpha value is -1.97. The van der Waals surface area contributed by atoms with Gasteiger partial charge in [-0.2, -0.15) is 0 Å². The van der Waals surface area contributed by atoms with Crippen molar-refractivity contribution in [2.75, 3.05) is 13.1 Å². The number of aliphatic hydroxyl groups excluding tert-OH is 1. The molecule has 0 heterocycles. The fraction of sp³-hybridized carbons (Fsp3) is 0.316. The molecule has 0 aromatic heterocycles. The van der Waals surface area contributed by atoms with Crippen LogP contribution in [0.5, 0.6) is 0 Å². The second-order valence-electron chi connectivity index (χ2n) is 5.53. The number of hydrogen-bond donors (Lipinski definition) is 2. The summed E-state index contributed by atoms with van der Waals surface area (Å²) in [6, 6.07) is 19.7. The molecule has 0 spiro atoms. The van der Waals surface area contributed by atoms with Crippen LogP contribution in [0.25, 0.3) is 0 Å². The van der Waals surface area contributed by atoms with Crippen molar-refractivity contribution in [3.05, 3.63) is 71.8 Å². The van der Waals surface area contributed by atoms with Crippen molar-refractivity contribution in [3.63, 3.8) is 0 Å². The SMILES string of the molecule is CC(C)=NCCN[C@@H](c1ccccc1)[C@@H](O)c1ccccc1. The summed E-state index contributed by atoms with van der Waals surface area (Å²) in [7, 11) is 0. The summed E-state index contributed by atoms with van der Waals surface area (Å²) >= 11 is 0. The molecule has 2 aromatic carbocycles. The van der Waals surface area contributed by atoms with E-state index in [-0.39, 0.29) is 6.04 Å². The molecule has 22 heavy (non-hydrogen) atoms. The van der Waals surface area contributed by atoms with Crippen LogP contribution in [0.1, 0.15) is 37.1 Å². The van der Waals surface area contributed by atoms with Gasteiger partial charge in [-0.15, -0.1) is 0 Å². The Morgan fingerprint density at radius 1 is 0.955 bits per heavy atom. The largest absolute Gasteiger partial charge is 0.386 e. The Morgan fingerprint density at radius 3 is 2.05 bits per heavy atom. The molecule has 0 saturated carbocycles. The lowest BCUT2D eigenvalue weighted by atomic mass is 9.96. The molecule has 0 unspecified atom stereocenters. The van der Waals surface area contributed by atoms with Gasteiger partial charge >= 0.3 is 0 Å². The standard InChI is InChI=1S/C19H24N2O/c1-15(2)20-13-14-21-18(16-9-5-3-6-10-16)19(22)17-11-7-4-8-12-17/h3-12,18-19,21-22H,13-14H2,1-2H3/t18-,19-/m0/s1. The Labute approximate surface area is 132 Å². The monoisotopic (exact) mass is 296 g/mol. The summed E-state index contributed by atoms with van der Waals surface area (Å²) in [6.45, 7) is 5.43. The van der Waals surface area contributed by atoms with E-state index in [1.54, 1.807) is 0 Å². The predicted molar refractivity (Wildman–Crippen MR) is 92.2 cm³/mol. The van der Waals surface area contributed by atoms with Gasteiger partial charge in [0.05, 0.1) is 18.7 Å². The van der Waals surface area contributed by atoms with Gasteiger partial charge in [-0.25, -0.2) is 0 Å². The smallest absolute Gasteiger partial charge is 0.0984 e. The van der Waals surface area contributed by atoms with Crippen LogP contribution < -0.4 is 5.32 Å². The first-order chi connectivity index (χ1) is 10.7. The van der Waals surface area contributed by atoms with E-state index in [4.69, 9.17) is 0 Å². The van der Waals surface area contributed by atoms with Crippen molar-refractivity contribution in [1.82, 2.24) is 5.32 Å². The Kier molecular flexibility index (Phi) is 6.31. The topological polar surface area (TPSA) is 44.6 Å². The molecule has 2 atom stereocenters. The average molecular weight is 296 g/mol. The summed E-state index contributed by atoms with van der Waals surface area (Å²) in [4.78, 5) is 4.39. The van der Waals surface area contributed by atoms with Crippen molar-refractivity contribution in [3.8, 4) is 0 Å². The molecule has 3 nitrogen and oxygen atoms in total. The lowest BCUT2D eigenvalue weighted by molar-refractivity contribution is 0.129. The van der Waals surface area contributed by atoms with E-state index in [1.807, 2.05) is 74.5 Å². The number of hydrogen-bond acceptors (Lipinski definition) is 3. The van der Waals surface area contributed by atoms with Gasteiger partial charge in [-0.05, 0) is 25.0 Å². The van der Waals surface area contributed by atoms with Gasteiger partial charge in [-0.3, -0.25) is 4.99 Å². The maximum Gasteiger partial charge on any atom is 0.0984 e. The Balaban J connectivity index is 2.13. The highest BCUT2D eigenvalue weighted by Gasteiger charge is 2.21. The Bertz CT molecular complexity index is 577. The number of aliphatic hydroxyl groups is 1. The molecule has 2 aromatic rings. The highest BCUT2D eigenvalue weighted by Crippen LogP contribution is 2.28. The van der Waals surface area contributed by atoms with Crippen LogP contribution in [-0.2, 0) is 0 Å². The zero-order valence-electron chi connectivity index (χ0n) is 13.2. The van der Waals surface area contributed by atoms with Gasteiger partial charge in [0.15, 0.2) is 0 Å². The highest BCUT2D eigenvalue weighted by molar-refractivity contribution is 5.79. The van der Waals surface area contributed by atoms with Crippen molar-refractivity contribution in [2.45, 2.75) is 26.0 Å². The molecule has 0 amide bonds. The van der Waals surface area contributed by atoms with E-state index < -0.39 is 6.10 Å². The highest BCUT2D eigenvalue weighted by atomic mass is 16.3.